The first-order valence-electron chi connectivity index (χ1n) is 15.7. The van der Waals surface area contributed by atoms with Crippen molar-refractivity contribution in [3.8, 4) is 39.9 Å². The Hall–Kier alpha value is -4.75. The minimum Gasteiger partial charge on any atom is -0.507 e. The highest BCUT2D eigenvalue weighted by molar-refractivity contribution is 5.88. The van der Waals surface area contributed by atoms with Gasteiger partial charge in [0.1, 0.15) is 23.4 Å². The number of aliphatic hydroxyl groups is 1. The van der Waals surface area contributed by atoms with Gasteiger partial charge in [0.25, 0.3) is 0 Å². The number of fused-ring (bicyclic) bond motifs is 8. The molecule has 0 radical (unpaired) electrons. The summed E-state index contributed by atoms with van der Waals surface area (Å²) in [5.74, 6) is 2.53. The van der Waals surface area contributed by atoms with E-state index in [-0.39, 0.29) is 23.3 Å². The lowest BCUT2D eigenvalue weighted by Gasteiger charge is -2.42. The number of ether oxygens (including phenoxy) is 3. The molecule has 0 amide bonds. The molecule has 4 aromatic carbocycles. The van der Waals surface area contributed by atoms with Crippen LogP contribution in [0.3, 0.4) is 0 Å². The Morgan fingerprint density at radius 3 is 2.67 bits per heavy atom. The largest absolute Gasteiger partial charge is 0.507 e. The number of allylic oxidation sites excluding steroid dienone is 1. The molecule has 226 valence electrons. The van der Waals surface area contributed by atoms with Crippen LogP contribution in [-0.4, -0.2) is 41.7 Å². The fourth-order valence-electron chi connectivity index (χ4n) is 8.28. The zero-order valence-electron chi connectivity index (χ0n) is 24.9. The van der Waals surface area contributed by atoms with E-state index in [0.717, 1.165) is 80.6 Å². The second kappa shape index (κ2) is 9.88. The van der Waals surface area contributed by atoms with Gasteiger partial charge in [-0.3, -0.25) is 4.99 Å². The topological polar surface area (TPSA) is 101 Å². The number of methoxy groups -OCH3 is 1. The Morgan fingerprint density at radius 1 is 0.911 bits per heavy atom. The highest BCUT2D eigenvalue weighted by Gasteiger charge is 2.43. The van der Waals surface area contributed by atoms with Crippen molar-refractivity contribution in [1.82, 2.24) is 0 Å². The Balaban J connectivity index is 1.23. The molecule has 0 spiro atoms. The molecule has 7 heteroatoms. The fourth-order valence-corrected chi connectivity index (χ4v) is 8.28. The molecule has 7 nitrogen and oxygen atoms in total. The van der Waals surface area contributed by atoms with Crippen LogP contribution in [0.2, 0.25) is 0 Å². The van der Waals surface area contributed by atoms with Crippen LogP contribution in [0.15, 0.2) is 59.6 Å². The van der Waals surface area contributed by atoms with Gasteiger partial charge in [-0.05, 0) is 88.5 Å². The minimum absolute atomic E-state index is 0.0441. The monoisotopic (exact) mass is 599 g/mol. The molecule has 9 rings (SSSR count). The molecule has 0 saturated heterocycles. The number of rotatable bonds is 3. The summed E-state index contributed by atoms with van der Waals surface area (Å²) < 4.78 is 18.6. The van der Waals surface area contributed by atoms with Crippen molar-refractivity contribution in [2.45, 2.75) is 49.7 Å². The van der Waals surface area contributed by atoms with Crippen molar-refractivity contribution < 1.29 is 29.5 Å². The van der Waals surface area contributed by atoms with E-state index >= 15 is 0 Å². The average molecular weight is 600 g/mol. The van der Waals surface area contributed by atoms with Crippen molar-refractivity contribution in [2.75, 3.05) is 20.3 Å². The molecule has 4 atom stereocenters. The van der Waals surface area contributed by atoms with Crippen LogP contribution in [-0.2, 0) is 19.3 Å². The van der Waals surface area contributed by atoms with Crippen LogP contribution in [0.1, 0.15) is 63.3 Å². The van der Waals surface area contributed by atoms with Gasteiger partial charge in [-0.25, -0.2) is 0 Å². The molecule has 3 heterocycles. The molecule has 0 saturated carbocycles. The lowest BCUT2D eigenvalue weighted by Crippen LogP contribution is -2.33. The quantitative estimate of drug-likeness (QED) is 0.307. The van der Waals surface area contributed by atoms with E-state index in [2.05, 4.69) is 41.4 Å². The number of phenolic OH excluding ortho intramolecular Hbond substituents is 2. The van der Waals surface area contributed by atoms with Crippen molar-refractivity contribution in [1.29, 1.82) is 0 Å². The van der Waals surface area contributed by atoms with E-state index in [9.17, 15) is 15.3 Å². The van der Waals surface area contributed by atoms with Crippen LogP contribution in [0.4, 0.5) is 0 Å². The summed E-state index contributed by atoms with van der Waals surface area (Å²) in [6.07, 6.45) is 7.92. The van der Waals surface area contributed by atoms with Crippen molar-refractivity contribution in [3.63, 3.8) is 0 Å². The zero-order chi connectivity index (χ0) is 30.4. The first kappa shape index (κ1) is 26.6. The first-order valence-corrected chi connectivity index (χ1v) is 15.7. The molecule has 3 N–H and O–H groups in total. The van der Waals surface area contributed by atoms with Crippen LogP contribution in [0.5, 0.6) is 28.7 Å². The van der Waals surface area contributed by atoms with Gasteiger partial charge >= 0.3 is 0 Å². The van der Waals surface area contributed by atoms with E-state index in [1.165, 1.54) is 17.9 Å². The molecule has 5 aliphatic rings. The van der Waals surface area contributed by atoms with Gasteiger partial charge in [-0.15, -0.1) is 0 Å². The summed E-state index contributed by atoms with van der Waals surface area (Å²) in [5, 5.41) is 35.1. The molecule has 4 aromatic rings. The molecule has 3 aliphatic heterocycles. The number of hydrogen-bond donors (Lipinski definition) is 3. The first-order chi connectivity index (χ1) is 22.0. The maximum absolute atomic E-state index is 11.6. The van der Waals surface area contributed by atoms with Gasteiger partial charge in [0.05, 0.1) is 31.7 Å². The van der Waals surface area contributed by atoms with Crippen LogP contribution < -0.4 is 24.8 Å². The number of benzene rings is 4. The number of nitrogens with zero attached hydrogens (tertiary/aromatic N) is 1. The second-order valence-corrected chi connectivity index (χ2v) is 12.7. The lowest BCUT2D eigenvalue weighted by atomic mass is 9.65. The number of aromatic hydroxyl groups is 2. The highest BCUT2D eigenvalue weighted by atomic mass is 16.5. The molecule has 2 aliphatic carbocycles. The van der Waals surface area contributed by atoms with Gasteiger partial charge in [0.2, 0.25) is 0 Å². The lowest BCUT2D eigenvalue weighted by molar-refractivity contribution is 0.0191. The molecule has 0 bridgehead atoms. The van der Waals surface area contributed by atoms with Crippen molar-refractivity contribution >= 4 is 12.2 Å². The highest BCUT2D eigenvalue weighted by Crippen LogP contribution is 2.59. The van der Waals surface area contributed by atoms with E-state index < -0.39 is 12.2 Å². The molecular formula is C38H33NO6. The summed E-state index contributed by atoms with van der Waals surface area (Å²) in [6, 6.07) is 15.5. The van der Waals surface area contributed by atoms with Crippen LogP contribution in [0, 0.1) is 0 Å². The summed E-state index contributed by atoms with van der Waals surface area (Å²) in [7, 11) is 1.51. The van der Waals surface area contributed by atoms with E-state index in [0.29, 0.717) is 25.3 Å². The van der Waals surface area contributed by atoms with E-state index in [1.807, 2.05) is 6.07 Å². The van der Waals surface area contributed by atoms with Crippen LogP contribution >= 0.6 is 0 Å². The van der Waals surface area contributed by atoms with E-state index in [4.69, 9.17) is 14.2 Å². The zero-order valence-corrected chi connectivity index (χ0v) is 24.9. The molecular weight excluding hydrogens is 566 g/mol. The number of hydrogen-bond acceptors (Lipinski definition) is 7. The summed E-state index contributed by atoms with van der Waals surface area (Å²) in [6.45, 7) is 1.34. The van der Waals surface area contributed by atoms with Crippen molar-refractivity contribution in [3.05, 3.63) is 104 Å². The standard InChI is InChI=1S/C38H33NO6/c1-43-33-16-21(5-10-31(33)41)36-32(42)18-28-27-17-26-22(19-4-9-29-20(15-19)12-13-39-29)6-7-23-30(40)11-8-24(34(23)26)35(27)38-25(37(28)45-36)3-2-14-44-38/h4-12,15-16,22,26,32,36,40-42H,2-3,13-14,17-18H2,1H3. The Labute approximate surface area is 260 Å². The molecule has 0 aromatic heterocycles. The summed E-state index contributed by atoms with van der Waals surface area (Å²) >= 11 is 0. The normalized spacial score (nSPS) is 23.2. The second-order valence-electron chi connectivity index (χ2n) is 12.7. The molecule has 45 heavy (non-hydrogen) atoms. The van der Waals surface area contributed by atoms with E-state index in [1.54, 1.807) is 24.3 Å². The van der Waals surface area contributed by atoms with Gasteiger partial charge in [-0.2, -0.15) is 0 Å². The fraction of sp³-hybridized carbons (Fsp3) is 0.289. The van der Waals surface area contributed by atoms with Gasteiger partial charge in [0.15, 0.2) is 11.5 Å². The van der Waals surface area contributed by atoms with Gasteiger partial charge in [0, 0.05) is 34.6 Å². The minimum atomic E-state index is -0.798. The van der Waals surface area contributed by atoms with Crippen molar-refractivity contribution in [2.24, 2.45) is 4.99 Å². The predicted molar refractivity (Wildman–Crippen MR) is 170 cm³/mol. The third-order valence-corrected chi connectivity index (χ3v) is 10.3. The molecule has 4 unspecified atom stereocenters. The maximum Gasteiger partial charge on any atom is 0.160 e. The van der Waals surface area contributed by atoms with Gasteiger partial charge < -0.3 is 29.5 Å². The Bertz CT molecular complexity index is 2080. The van der Waals surface area contributed by atoms with Gasteiger partial charge in [-0.1, -0.05) is 36.4 Å². The predicted octanol–water partition coefficient (Wildman–Crippen LogP) is 5.00. The summed E-state index contributed by atoms with van der Waals surface area (Å²) in [4.78, 5) is 4.59. The summed E-state index contributed by atoms with van der Waals surface area (Å²) in [5.41, 5.74) is 9.41. The smallest absolute Gasteiger partial charge is 0.160 e. The third kappa shape index (κ3) is 3.89. The number of phenols is 2. The molecule has 0 fully saturated rings. The third-order valence-electron chi connectivity index (χ3n) is 10.3. The van der Waals surface area contributed by atoms with Crippen LogP contribution in [0.25, 0.3) is 23.3 Å². The maximum atomic E-state index is 11.6. The Kier molecular flexibility index (Phi) is 5.85. The Morgan fingerprint density at radius 2 is 1.78 bits per heavy atom. The average Bonchev–Trinajstić information content (AvgIpc) is 3.54. The number of aliphatic hydroxyl groups excluding tert-OH is 1. The SMILES string of the molecule is COc1cc(C2Oc3c(c4c(c5c3CCCO5)-c3ccc(O)c5c3C(C4)C(c3ccc4c(c3)=CCN=4)C=C5)CC2O)ccc1O.